The Morgan fingerprint density at radius 2 is 1.02 bits per heavy atom. The number of benzene rings is 7. The van der Waals surface area contributed by atoms with Gasteiger partial charge in [0.05, 0.1) is 5.39 Å². The quantitative estimate of drug-likeness (QED) is 0.192. The lowest BCUT2D eigenvalue weighted by atomic mass is 10.0. The molecule has 0 fully saturated rings. The normalized spacial score (nSPS) is 11.8. The van der Waals surface area contributed by atoms with Crippen molar-refractivity contribution >= 4 is 72.0 Å². The number of hydrogen-bond acceptors (Lipinski definition) is 5. The summed E-state index contributed by atoms with van der Waals surface area (Å²) in [5.41, 5.74) is 11.1. The van der Waals surface area contributed by atoms with Gasteiger partial charge < -0.3 is 18.2 Å². The van der Waals surface area contributed by atoms with E-state index < -0.39 is 0 Å². The second-order valence-corrected chi connectivity index (χ2v) is 12.0. The first kappa shape index (κ1) is 26.6. The summed E-state index contributed by atoms with van der Waals surface area (Å²) in [5, 5.41) is 4.06. The lowest BCUT2D eigenvalue weighted by molar-refractivity contribution is 0.622. The minimum atomic E-state index is 0.594. The molecule has 0 saturated heterocycles. The third-order valence-electron chi connectivity index (χ3n) is 9.10. The van der Waals surface area contributed by atoms with E-state index in [4.69, 9.17) is 18.2 Å². The molecular formula is C43H26N2O3. The van der Waals surface area contributed by atoms with E-state index in [2.05, 4.69) is 95.9 Å². The van der Waals surface area contributed by atoms with Crippen LogP contribution in [0.5, 0.6) is 0 Å². The van der Waals surface area contributed by atoms with Crippen molar-refractivity contribution < 1.29 is 13.3 Å². The SMILES string of the molecule is c1ccc(-c2ccc(N(c3ccc4c(c3)oc3ccc5nc(-c6ccccc6)oc5c34)c3ccc4oc5ccccc5c4c3)cc2)cc1. The molecule has 0 aliphatic carbocycles. The van der Waals surface area contributed by atoms with Crippen molar-refractivity contribution in [2.24, 2.45) is 0 Å². The lowest BCUT2D eigenvalue weighted by Gasteiger charge is -2.25. The van der Waals surface area contributed by atoms with Gasteiger partial charge in [0.15, 0.2) is 5.58 Å². The van der Waals surface area contributed by atoms with Crippen LogP contribution in [0.3, 0.4) is 0 Å². The number of aromatic nitrogens is 1. The van der Waals surface area contributed by atoms with Gasteiger partial charge in [-0.05, 0) is 83.9 Å². The topological polar surface area (TPSA) is 55.6 Å². The van der Waals surface area contributed by atoms with Crippen molar-refractivity contribution in [2.45, 2.75) is 0 Å². The predicted molar refractivity (Wildman–Crippen MR) is 194 cm³/mol. The molecule has 0 saturated carbocycles. The van der Waals surface area contributed by atoms with Crippen LogP contribution in [0.2, 0.25) is 0 Å². The Morgan fingerprint density at radius 1 is 0.396 bits per heavy atom. The molecule has 0 atom stereocenters. The summed E-state index contributed by atoms with van der Waals surface area (Å²) in [5.74, 6) is 0.594. The molecule has 0 radical (unpaired) electrons. The minimum absolute atomic E-state index is 0.594. The average Bonchev–Trinajstić information content (AvgIpc) is 3.86. The second kappa shape index (κ2) is 10.5. The van der Waals surface area contributed by atoms with Gasteiger partial charge in [-0.3, -0.25) is 0 Å². The Hall–Kier alpha value is -6.59. The summed E-state index contributed by atoms with van der Waals surface area (Å²) in [6.45, 7) is 0. The summed E-state index contributed by atoms with van der Waals surface area (Å²) in [6, 6.07) is 54.0. The zero-order valence-electron chi connectivity index (χ0n) is 25.6. The van der Waals surface area contributed by atoms with Crippen molar-refractivity contribution in [1.29, 1.82) is 0 Å². The average molecular weight is 619 g/mol. The summed E-state index contributed by atoms with van der Waals surface area (Å²) in [7, 11) is 0. The van der Waals surface area contributed by atoms with Crippen LogP contribution < -0.4 is 4.90 Å². The molecule has 0 bridgehead atoms. The van der Waals surface area contributed by atoms with Crippen LogP contribution in [0, 0.1) is 0 Å². The first-order valence-electron chi connectivity index (χ1n) is 15.9. The fraction of sp³-hybridized carbons (Fsp3) is 0. The Kier molecular flexibility index (Phi) is 5.81. The van der Waals surface area contributed by atoms with Gasteiger partial charge in [-0.15, -0.1) is 0 Å². The van der Waals surface area contributed by atoms with Crippen LogP contribution in [0.4, 0.5) is 17.1 Å². The molecule has 0 amide bonds. The fourth-order valence-corrected chi connectivity index (χ4v) is 6.81. The monoisotopic (exact) mass is 618 g/mol. The number of nitrogens with zero attached hydrogens (tertiary/aromatic N) is 2. The smallest absolute Gasteiger partial charge is 0.227 e. The van der Waals surface area contributed by atoms with Gasteiger partial charge in [0.1, 0.15) is 27.8 Å². The van der Waals surface area contributed by atoms with Crippen LogP contribution in [0.1, 0.15) is 0 Å². The van der Waals surface area contributed by atoms with Gasteiger partial charge >= 0.3 is 0 Å². The first-order valence-corrected chi connectivity index (χ1v) is 15.9. The molecular weight excluding hydrogens is 592 g/mol. The Labute approximate surface area is 274 Å². The zero-order chi connectivity index (χ0) is 31.6. The van der Waals surface area contributed by atoms with Gasteiger partial charge in [0.25, 0.3) is 0 Å². The second-order valence-electron chi connectivity index (χ2n) is 12.0. The maximum Gasteiger partial charge on any atom is 0.227 e. The standard InChI is InChI=1S/C43H26N2O3/c1-3-9-27(10-4-1)28-15-17-30(18-16-28)45(31-20-23-38-35(25-31)33-13-7-8-14-37(33)46-38)32-19-21-34-40(26-32)47-39-24-22-36-42(41(34)39)48-43(44-36)29-11-5-2-6-12-29/h1-26H. The molecule has 0 unspecified atom stereocenters. The predicted octanol–water partition coefficient (Wildman–Crippen LogP) is 12.4. The van der Waals surface area contributed by atoms with Crippen LogP contribution in [0.25, 0.3) is 77.6 Å². The summed E-state index contributed by atoms with van der Waals surface area (Å²) < 4.78 is 19.0. The Bertz CT molecular complexity index is 2770. The molecule has 5 nitrogen and oxygen atoms in total. The van der Waals surface area contributed by atoms with Crippen molar-refractivity contribution in [1.82, 2.24) is 4.98 Å². The molecule has 3 heterocycles. The third-order valence-corrected chi connectivity index (χ3v) is 9.10. The molecule has 0 spiro atoms. The number of rotatable bonds is 5. The van der Waals surface area contributed by atoms with Crippen LogP contribution >= 0.6 is 0 Å². The van der Waals surface area contributed by atoms with E-state index in [9.17, 15) is 0 Å². The first-order chi connectivity index (χ1) is 23.8. The van der Waals surface area contributed by atoms with E-state index in [1.807, 2.05) is 66.7 Å². The van der Waals surface area contributed by atoms with Gasteiger partial charge in [0.2, 0.25) is 5.89 Å². The van der Waals surface area contributed by atoms with Crippen LogP contribution in [-0.4, -0.2) is 4.98 Å². The summed E-state index contributed by atoms with van der Waals surface area (Å²) in [4.78, 5) is 7.06. The fourth-order valence-electron chi connectivity index (χ4n) is 6.81. The number of para-hydroxylation sites is 1. The highest BCUT2D eigenvalue weighted by atomic mass is 16.4. The van der Waals surface area contributed by atoms with Crippen molar-refractivity contribution in [2.75, 3.05) is 4.90 Å². The molecule has 10 rings (SSSR count). The lowest BCUT2D eigenvalue weighted by Crippen LogP contribution is -2.09. The van der Waals surface area contributed by atoms with E-state index in [1.54, 1.807) is 0 Å². The molecule has 0 aliphatic heterocycles. The number of oxazole rings is 1. The molecule has 226 valence electrons. The highest BCUT2D eigenvalue weighted by Crippen LogP contribution is 2.43. The van der Waals surface area contributed by atoms with E-state index in [0.717, 1.165) is 83.2 Å². The third kappa shape index (κ3) is 4.22. The number of anilines is 3. The van der Waals surface area contributed by atoms with Crippen molar-refractivity contribution in [3.05, 3.63) is 158 Å². The van der Waals surface area contributed by atoms with Crippen LogP contribution in [-0.2, 0) is 0 Å². The number of furan rings is 2. The Morgan fingerprint density at radius 3 is 1.85 bits per heavy atom. The van der Waals surface area contributed by atoms with Crippen molar-refractivity contribution in [3.8, 4) is 22.6 Å². The molecule has 7 aromatic carbocycles. The van der Waals surface area contributed by atoms with Gasteiger partial charge in [-0.1, -0.05) is 78.9 Å². The highest BCUT2D eigenvalue weighted by Gasteiger charge is 2.20. The maximum atomic E-state index is 6.50. The Balaban J connectivity index is 1.14. The van der Waals surface area contributed by atoms with E-state index >= 15 is 0 Å². The molecule has 3 aromatic heterocycles. The largest absolute Gasteiger partial charge is 0.456 e. The molecule has 0 N–H and O–H groups in total. The zero-order valence-corrected chi connectivity index (χ0v) is 25.6. The van der Waals surface area contributed by atoms with E-state index in [0.29, 0.717) is 5.89 Å². The van der Waals surface area contributed by atoms with E-state index in [-0.39, 0.29) is 0 Å². The van der Waals surface area contributed by atoms with Crippen molar-refractivity contribution in [3.63, 3.8) is 0 Å². The summed E-state index contributed by atoms with van der Waals surface area (Å²) in [6.07, 6.45) is 0. The van der Waals surface area contributed by atoms with Gasteiger partial charge in [-0.25, -0.2) is 4.98 Å². The van der Waals surface area contributed by atoms with Gasteiger partial charge in [0, 0.05) is 44.9 Å². The van der Waals surface area contributed by atoms with Gasteiger partial charge in [-0.2, -0.15) is 0 Å². The molecule has 5 heteroatoms. The molecule has 0 aliphatic rings. The highest BCUT2D eigenvalue weighted by molar-refractivity contribution is 6.17. The molecule has 48 heavy (non-hydrogen) atoms. The molecule has 10 aromatic rings. The maximum absolute atomic E-state index is 6.50. The number of fused-ring (bicyclic) bond motifs is 8. The summed E-state index contributed by atoms with van der Waals surface area (Å²) >= 11 is 0. The number of hydrogen-bond donors (Lipinski definition) is 0. The minimum Gasteiger partial charge on any atom is -0.456 e. The van der Waals surface area contributed by atoms with E-state index in [1.165, 1.54) is 5.56 Å². The van der Waals surface area contributed by atoms with Crippen LogP contribution in [0.15, 0.2) is 171 Å².